The van der Waals surface area contributed by atoms with Crippen LogP contribution in [-0.2, 0) is 0 Å². The Bertz CT molecular complexity index is 50.3. The van der Waals surface area contributed by atoms with Gasteiger partial charge in [-0.15, -0.1) is 0 Å². The van der Waals surface area contributed by atoms with Gasteiger partial charge in [0.1, 0.15) is 6.71 Å². The summed E-state index contributed by atoms with van der Waals surface area (Å²) in [6.45, 7) is 7.90. The lowest BCUT2D eigenvalue weighted by molar-refractivity contribution is 0.957. The molecule has 3 radical (unpaired) electrons. The molecule has 0 aromatic carbocycles. The summed E-state index contributed by atoms with van der Waals surface area (Å²) in [5.74, 6) is 0. The van der Waals surface area contributed by atoms with Crippen molar-refractivity contribution in [3.8, 4) is 0 Å². The minimum absolute atomic E-state index is 0. The summed E-state index contributed by atoms with van der Waals surface area (Å²) in [5, 5.41) is 0. The molecule has 0 unspecified atom stereocenters. The van der Waals surface area contributed by atoms with E-state index < -0.39 is 0 Å². The minimum atomic E-state index is 0. The van der Waals surface area contributed by atoms with E-state index in [1.807, 2.05) is 0 Å². The highest BCUT2D eigenvalue weighted by Crippen LogP contribution is 2.11. The van der Waals surface area contributed by atoms with E-state index in [0.717, 1.165) is 6.71 Å². The van der Waals surface area contributed by atoms with Gasteiger partial charge in [-0.3, -0.25) is 0 Å². The molecule has 11 heavy (non-hydrogen) atoms. The van der Waals surface area contributed by atoms with Gasteiger partial charge in [-0.1, -0.05) is 59.0 Å². The average molecular weight is 151 g/mol. The van der Waals surface area contributed by atoms with Crippen LogP contribution in [0.1, 0.15) is 40.0 Å². The van der Waals surface area contributed by atoms with Gasteiger partial charge in [-0.2, -0.15) is 0 Å². The fourth-order valence-corrected chi connectivity index (χ4v) is 1.66. The molecule has 0 fully saturated rings. The van der Waals surface area contributed by atoms with Crippen LogP contribution >= 0.6 is 0 Å². The Hall–Kier alpha value is 0.130. The third-order valence-electron chi connectivity index (χ3n) is 2.09. The zero-order chi connectivity index (χ0) is 7.82. The van der Waals surface area contributed by atoms with Gasteiger partial charge in [-0.25, -0.2) is 0 Å². The summed E-state index contributed by atoms with van der Waals surface area (Å²) in [5.41, 5.74) is 0. The zero-order valence-electron chi connectivity index (χ0n) is 8.40. The third-order valence-corrected chi connectivity index (χ3v) is 2.09. The molecule has 0 amide bonds. The second-order valence-electron chi connectivity index (χ2n) is 3.23. The molecule has 63 valence electrons. The van der Waals surface area contributed by atoms with Crippen LogP contribution < -0.4 is 0 Å². The molecule has 0 N–H and O–H groups in total. The molecule has 0 spiro atoms. The molecule has 0 aliphatic rings. The maximum Gasteiger partial charge on any atom is 0.139 e. The van der Waals surface area contributed by atoms with Crippen LogP contribution in [0.15, 0.2) is 0 Å². The fraction of sp³-hybridized carbons (Fsp3) is 1.00. The molecule has 0 nitrogen and oxygen atoms in total. The van der Waals surface area contributed by atoms with E-state index in [0.29, 0.717) is 0 Å². The van der Waals surface area contributed by atoms with Crippen LogP contribution in [0.25, 0.3) is 0 Å². The molecule has 0 saturated heterocycles. The summed E-state index contributed by atoms with van der Waals surface area (Å²) >= 11 is 0. The van der Waals surface area contributed by atoms with E-state index in [4.69, 9.17) is 0 Å². The first-order chi connectivity index (χ1) is 4.85. The van der Waals surface area contributed by atoms with Crippen molar-refractivity contribution < 1.29 is 0 Å². The zero-order valence-corrected chi connectivity index (χ0v) is 8.40. The van der Waals surface area contributed by atoms with Crippen molar-refractivity contribution >= 4 is 15.1 Å². The van der Waals surface area contributed by atoms with Gasteiger partial charge in [0.15, 0.2) is 0 Å². The van der Waals surface area contributed by atoms with Crippen molar-refractivity contribution in [3.63, 3.8) is 0 Å². The topological polar surface area (TPSA) is 0 Å². The first-order valence-corrected chi connectivity index (χ1v) is 4.85. The van der Waals surface area contributed by atoms with Gasteiger partial charge in [0.25, 0.3) is 0 Å². The lowest BCUT2D eigenvalue weighted by atomic mass is 9.41. The summed E-state index contributed by atoms with van der Waals surface area (Å²) in [6.07, 6.45) is 8.44. The van der Waals surface area contributed by atoms with Crippen LogP contribution in [0, 0.1) is 0 Å². The molecular formula is C9H21B2. The second kappa shape index (κ2) is 10.1. The molecule has 0 bridgehead atoms. The molecule has 2 heteroatoms. The van der Waals surface area contributed by atoms with Gasteiger partial charge >= 0.3 is 0 Å². The highest BCUT2D eigenvalue weighted by atomic mass is 13.8. The highest BCUT2D eigenvalue weighted by molar-refractivity contribution is 6.58. The first-order valence-electron chi connectivity index (χ1n) is 4.85. The maximum absolute atomic E-state index is 2.29. The summed E-state index contributed by atoms with van der Waals surface area (Å²) in [6, 6.07) is 0. The van der Waals surface area contributed by atoms with Gasteiger partial charge in [0.2, 0.25) is 0 Å². The van der Waals surface area contributed by atoms with Crippen LogP contribution in [-0.4, -0.2) is 15.1 Å². The Morgan fingerprint density at radius 2 is 1.00 bits per heavy atom. The summed E-state index contributed by atoms with van der Waals surface area (Å²) in [7, 11) is 0. The molecule has 0 aromatic heterocycles. The largest absolute Gasteiger partial charge is 0.139 e. The molecule has 0 aromatic rings. The Morgan fingerprint density at radius 3 is 1.18 bits per heavy atom. The molecule has 0 aliphatic carbocycles. The van der Waals surface area contributed by atoms with E-state index in [9.17, 15) is 0 Å². The van der Waals surface area contributed by atoms with Gasteiger partial charge in [-0.05, 0) is 0 Å². The van der Waals surface area contributed by atoms with Gasteiger partial charge < -0.3 is 0 Å². The number of rotatable bonds is 6. The second-order valence-corrected chi connectivity index (χ2v) is 3.23. The van der Waals surface area contributed by atoms with Crippen LogP contribution in [0.3, 0.4) is 0 Å². The van der Waals surface area contributed by atoms with Crippen molar-refractivity contribution in [3.05, 3.63) is 0 Å². The van der Waals surface area contributed by atoms with Gasteiger partial charge in [0.05, 0.1) is 0 Å². The van der Waals surface area contributed by atoms with E-state index in [1.54, 1.807) is 0 Å². The predicted molar refractivity (Wildman–Crippen MR) is 56.8 cm³/mol. The maximum atomic E-state index is 2.29. The average Bonchev–Trinajstić information content (AvgIpc) is 1.90. The van der Waals surface area contributed by atoms with Crippen LogP contribution in [0.5, 0.6) is 0 Å². The van der Waals surface area contributed by atoms with E-state index in [2.05, 4.69) is 20.8 Å². The van der Waals surface area contributed by atoms with Crippen molar-refractivity contribution in [2.75, 3.05) is 0 Å². The Kier molecular flexibility index (Phi) is 12.6. The molecule has 0 aliphatic heterocycles. The van der Waals surface area contributed by atoms with Crippen LogP contribution in [0.2, 0.25) is 19.0 Å². The molecule has 0 saturated carbocycles. The molecule has 0 atom stereocenters. The summed E-state index contributed by atoms with van der Waals surface area (Å²) < 4.78 is 0. The third kappa shape index (κ3) is 8.03. The van der Waals surface area contributed by atoms with E-state index >= 15 is 0 Å². The van der Waals surface area contributed by atoms with Crippen molar-refractivity contribution in [1.82, 2.24) is 0 Å². The highest BCUT2D eigenvalue weighted by Gasteiger charge is 2.08. The predicted octanol–water partition coefficient (Wildman–Crippen LogP) is 3.33. The number of hydrogen-bond donors (Lipinski definition) is 0. The normalized spacial score (nSPS) is 9.00. The summed E-state index contributed by atoms with van der Waals surface area (Å²) in [4.78, 5) is 0. The monoisotopic (exact) mass is 151 g/mol. The van der Waals surface area contributed by atoms with Crippen LogP contribution in [0.4, 0.5) is 0 Å². The van der Waals surface area contributed by atoms with Gasteiger partial charge in [0, 0.05) is 8.41 Å². The Morgan fingerprint density at radius 1 is 0.727 bits per heavy atom. The lowest BCUT2D eigenvalue weighted by Crippen LogP contribution is -2.09. The van der Waals surface area contributed by atoms with E-state index in [1.165, 1.54) is 38.2 Å². The molecule has 0 rings (SSSR count). The Labute approximate surface area is 74.8 Å². The smallest absolute Gasteiger partial charge is 0.0744 e. The van der Waals surface area contributed by atoms with Crippen molar-refractivity contribution in [2.45, 2.75) is 59.0 Å². The fourth-order valence-electron chi connectivity index (χ4n) is 1.66. The molecular weight excluding hydrogens is 130 g/mol. The minimum Gasteiger partial charge on any atom is -0.0744 e. The number of hydrogen-bond acceptors (Lipinski definition) is 0. The van der Waals surface area contributed by atoms with E-state index in [-0.39, 0.29) is 8.41 Å². The first kappa shape index (κ1) is 13.7. The quantitative estimate of drug-likeness (QED) is 0.510. The standard InChI is InChI=1S/C9H21B.B/c1-4-7-10(8-5-2)9-6-3;/h4-9H2,1-3H3;. The van der Waals surface area contributed by atoms with Crippen molar-refractivity contribution in [1.29, 1.82) is 0 Å². The SMILES string of the molecule is CCCB(CCC)CCC.[B]. The Balaban J connectivity index is 0. The molecule has 0 heterocycles. The lowest BCUT2D eigenvalue weighted by Gasteiger charge is -2.08. The van der Waals surface area contributed by atoms with Crippen molar-refractivity contribution in [2.24, 2.45) is 0 Å².